The summed E-state index contributed by atoms with van der Waals surface area (Å²) in [4.78, 5) is 17.7. The Morgan fingerprint density at radius 3 is 2.72 bits per heavy atom. The number of nitrogens with zero attached hydrogens (tertiary/aromatic N) is 3. The van der Waals surface area contributed by atoms with Crippen LogP contribution in [0, 0.1) is 0 Å². The lowest BCUT2D eigenvalue weighted by atomic mass is 9.94. The van der Waals surface area contributed by atoms with Crippen LogP contribution in [0.5, 0.6) is 17.2 Å². The summed E-state index contributed by atoms with van der Waals surface area (Å²) < 4.78 is 18.5. The molecule has 0 saturated carbocycles. The fourth-order valence-electron chi connectivity index (χ4n) is 3.92. The third-order valence-corrected chi connectivity index (χ3v) is 5.47. The molecule has 1 atom stereocenters. The van der Waals surface area contributed by atoms with Crippen molar-refractivity contribution in [1.29, 1.82) is 0 Å². The fourth-order valence-corrected chi connectivity index (χ4v) is 3.92. The van der Waals surface area contributed by atoms with E-state index in [1.54, 1.807) is 36.1 Å². The number of aromatic nitrogens is 3. The summed E-state index contributed by atoms with van der Waals surface area (Å²) in [6.45, 7) is 3.05. The highest BCUT2D eigenvalue weighted by Gasteiger charge is 2.34. The molecule has 0 bridgehead atoms. The third-order valence-electron chi connectivity index (χ3n) is 5.47. The van der Waals surface area contributed by atoms with Gasteiger partial charge in [-0.05, 0) is 48.9 Å². The van der Waals surface area contributed by atoms with E-state index in [9.17, 15) is 4.79 Å². The van der Waals surface area contributed by atoms with Crippen LogP contribution in [0.25, 0.3) is 0 Å². The zero-order chi connectivity index (χ0) is 22.1. The number of rotatable bonds is 4. The van der Waals surface area contributed by atoms with Crippen molar-refractivity contribution in [2.75, 3.05) is 31.0 Å². The summed E-state index contributed by atoms with van der Waals surface area (Å²) in [5, 5.41) is 10.5. The Morgan fingerprint density at radius 1 is 1.16 bits per heavy atom. The van der Waals surface area contributed by atoms with Gasteiger partial charge in [-0.3, -0.25) is 4.79 Å². The van der Waals surface area contributed by atoms with E-state index in [0.29, 0.717) is 47.6 Å². The highest BCUT2D eigenvalue weighted by molar-refractivity contribution is 6.06. The molecule has 164 valence electrons. The van der Waals surface area contributed by atoms with E-state index < -0.39 is 6.04 Å². The minimum absolute atomic E-state index is 0.238. The number of anilines is 2. The van der Waals surface area contributed by atoms with Crippen LogP contribution < -0.4 is 24.8 Å². The normalized spacial score (nSPS) is 17.1. The first kappa shape index (κ1) is 19.9. The Kier molecular flexibility index (Phi) is 5.14. The lowest BCUT2D eigenvalue weighted by Crippen LogP contribution is -2.31. The van der Waals surface area contributed by atoms with Crippen LogP contribution in [0.2, 0.25) is 0 Å². The van der Waals surface area contributed by atoms with E-state index in [-0.39, 0.29) is 5.91 Å². The molecule has 0 aliphatic carbocycles. The van der Waals surface area contributed by atoms with Gasteiger partial charge in [-0.2, -0.15) is 10.1 Å². The van der Waals surface area contributed by atoms with Gasteiger partial charge in [-0.15, -0.1) is 0 Å². The minimum Gasteiger partial charge on any atom is -0.497 e. The molecule has 32 heavy (non-hydrogen) atoms. The van der Waals surface area contributed by atoms with Crippen molar-refractivity contribution in [3.05, 3.63) is 65.6 Å². The number of allylic oxidation sites excluding steroid dienone is 1. The number of ether oxygens (including phenoxy) is 3. The Labute approximate surface area is 185 Å². The van der Waals surface area contributed by atoms with Crippen molar-refractivity contribution in [3.63, 3.8) is 0 Å². The molecule has 9 heteroatoms. The van der Waals surface area contributed by atoms with E-state index in [2.05, 4.69) is 20.7 Å². The highest BCUT2D eigenvalue weighted by Crippen LogP contribution is 2.39. The van der Waals surface area contributed by atoms with Crippen LogP contribution in [0.4, 0.5) is 11.6 Å². The van der Waals surface area contributed by atoms with Gasteiger partial charge in [0.2, 0.25) is 5.95 Å². The molecule has 2 N–H and O–H groups in total. The standard InChI is InChI=1S/C23H23N5O4/c1-14-20(22(29)27-16-5-7-17(30-2)8-6-16)21(28-23(26-14)24-13-25-28)15-4-9-18-19(12-15)32-11-3-10-31-18/h4-9,12-13,21H,3,10-11H2,1-2H3,(H,27,29)(H,24,25,26). The van der Waals surface area contributed by atoms with Crippen LogP contribution in [0.15, 0.2) is 60.1 Å². The van der Waals surface area contributed by atoms with Crippen LogP contribution in [-0.4, -0.2) is 41.0 Å². The maximum Gasteiger partial charge on any atom is 0.255 e. The molecular formula is C23H23N5O4. The van der Waals surface area contributed by atoms with Crippen molar-refractivity contribution >= 4 is 17.5 Å². The molecule has 0 fully saturated rings. The average Bonchev–Trinajstić information content (AvgIpc) is 3.14. The maximum atomic E-state index is 13.4. The Hall–Kier alpha value is -4.01. The zero-order valence-corrected chi connectivity index (χ0v) is 17.8. The second-order valence-corrected chi connectivity index (χ2v) is 7.53. The van der Waals surface area contributed by atoms with Crippen LogP contribution in [-0.2, 0) is 4.79 Å². The fraction of sp³-hybridized carbons (Fsp3) is 0.261. The summed E-state index contributed by atoms with van der Waals surface area (Å²) in [7, 11) is 1.60. The minimum atomic E-state index is -0.482. The van der Waals surface area contributed by atoms with Gasteiger partial charge in [0.1, 0.15) is 18.1 Å². The Morgan fingerprint density at radius 2 is 1.94 bits per heavy atom. The van der Waals surface area contributed by atoms with E-state index in [0.717, 1.165) is 17.7 Å². The lowest BCUT2D eigenvalue weighted by molar-refractivity contribution is -0.113. The largest absolute Gasteiger partial charge is 0.497 e. The van der Waals surface area contributed by atoms with E-state index >= 15 is 0 Å². The molecule has 2 aliphatic heterocycles. The van der Waals surface area contributed by atoms with Gasteiger partial charge in [-0.1, -0.05) is 6.07 Å². The molecule has 0 spiro atoms. The molecule has 1 unspecified atom stereocenters. The number of methoxy groups -OCH3 is 1. The number of fused-ring (bicyclic) bond motifs is 2. The van der Waals surface area contributed by atoms with Gasteiger partial charge in [-0.25, -0.2) is 4.68 Å². The van der Waals surface area contributed by atoms with E-state index in [1.165, 1.54) is 6.33 Å². The molecule has 1 amide bonds. The number of hydrogen-bond donors (Lipinski definition) is 2. The zero-order valence-electron chi connectivity index (χ0n) is 17.8. The first-order valence-electron chi connectivity index (χ1n) is 10.4. The number of benzene rings is 2. The predicted octanol–water partition coefficient (Wildman–Crippen LogP) is 3.38. The topological polar surface area (TPSA) is 99.5 Å². The summed E-state index contributed by atoms with van der Waals surface area (Å²) in [6.07, 6.45) is 2.29. The van der Waals surface area contributed by atoms with Gasteiger partial charge >= 0.3 is 0 Å². The van der Waals surface area contributed by atoms with E-state index in [4.69, 9.17) is 14.2 Å². The van der Waals surface area contributed by atoms with Crippen molar-refractivity contribution in [2.24, 2.45) is 0 Å². The SMILES string of the molecule is COc1ccc(NC(=O)C2=C(C)Nc3ncnn3C2c2ccc3c(c2)OCCCO3)cc1. The molecule has 2 aromatic carbocycles. The van der Waals surface area contributed by atoms with Gasteiger partial charge < -0.3 is 24.8 Å². The lowest BCUT2D eigenvalue weighted by Gasteiger charge is -2.29. The van der Waals surface area contributed by atoms with Crippen molar-refractivity contribution in [2.45, 2.75) is 19.4 Å². The van der Waals surface area contributed by atoms with Crippen molar-refractivity contribution in [1.82, 2.24) is 14.8 Å². The van der Waals surface area contributed by atoms with Crippen molar-refractivity contribution in [3.8, 4) is 17.2 Å². The summed E-state index contributed by atoms with van der Waals surface area (Å²) >= 11 is 0. The van der Waals surface area contributed by atoms with Crippen molar-refractivity contribution < 1.29 is 19.0 Å². The van der Waals surface area contributed by atoms with Crippen LogP contribution >= 0.6 is 0 Å². The second kappa shape index (κ2) is 8.26. The molecule has 2 aliphatic rings. The summed E-state index contributed by atoms with van der Waals surface area (Å²) in [6, 6.07) is 12.4. The Bertz CT molecular complexity index is 1190. The number of carbonyl (C=O) groups is 1. The van der Waals surface area contributed by atoms with Crippen LogP contribution in [0.1, 0.15) is 24.9 Å². The molecule has 9 nitrogen and oxygen atoms in total. The molecule has 5 rings (SSSR count). The number of amides is 1. The molecule has 3 heterocycles. The quantitative estimate of drug-likeness (QED) is 0.651. The molecule has 0 radical (unpaired) electrons. The van der Waals surface area contributed by atoms with Gasteiger partial charge in [0.15, 0.2) is 11.5 Å². The molecule has 3 aromatic rings. The molecular weight excluding hydrogens is 410 g/mol. The first-order valence-corrected chi connectivity index (χ1v) is 10.4. The van der Waals surface area contributed by atoms with Crippen LogP contribution in [0.3, 0.4) is 0 Å². The second-order valence-electron chi connectivity index (χ2n) is 7.53. The smallest absolute Gasteiger partial charge is 0.255 e. The maximum absolute atomic E-state index is 13.4. The summed E-state index contributed by atoms with van der Waals surface area (Å²) in [5.74, 6) is 2.41. The number of carbonyl (C=O) groups excluding carboxylic acids is 1. The van der Waals surface area contributed by atoms with Gasteiger partial charge in [0, 0.05) is 17.8 Å². The predicted molar refractivity (Wildman–Crippen MR) is 118 cm³/mol. The van der Waals surface area contributed by atoms with E-state index in [1.807, 2.05) is 25.1 Å². The highest BCUT2D eigenvalue weighted by atomic mass is 16.5. The molecule has 0 saturated heterocycles. The van der Waals surface area contributed by atoms with Gasteiger partial charge in [0.25, 0.3) is 5.91 Å². The third kappa shape index (κ3) is 3.62. The number of nitrogens with one attached hydrogen (secondary N) is 2. The van der Waals surface area contributed by atoms with Gasteiger partial charge in [0.05, 0.1) is 25.9 Å². The Balaban J connectivity index is 1.53. The molecule has 1 aromatic heterocycles. The average molecular weight is 433 g/mol. The monoisotopic (exact) mass is 433 g/mol. The first-order chi connectivity index (χ1) is 15.6. The number of hydrogen-bond acceptors (Lipinski definition) is 7. The summed E-state index contributed by atoms with van der Waals surface area (Å²) in [5.41, 5.74) is 2.75.